The molecule has 4 aliphatic rings. The first-order valence-corrected chi connectivity index (χ1v) is 17.4. The van der Waals surface area contributed by atoms with Gasteiger partial charge in [0.1, 0.15) is 11.5 Å². The standard InChI is InChI=1S/C34H43N3O6S/c1-32(2,3)37-44(41,42)27-14-13-25(23-11-7-8-12-24(23)27)28-26(21-22-9-5-4-6-10-22)43-30(35-28)29(38)36-34-18-15-33(16-19-34,17-20-34)31(39)40/h7-8,11-14,22,37H,4-6,9-10,15-21H2,1-3H3,(H,36,38)(H,39,40). The van der Waals surface area contributed by atoms with Crippen molar-refractivity contribution in [1.29, 1.82) is 0 Å². The summed E-state index contributed by atoms with van der Waals surface area (Å²) in [6.07, 6.45) is 9.91. The number of aliphatic carboxylic acids is 1. The maximum atomic E-state index is 13.7. The van der Waals surface area contributed by atoms with Crippen LogP contribution in [0.1, 0.15) is 108 Å². The molecule has 236 valence electrons. The number of rotatable bonds is 8. The maximum Gasteiger partial charge on any atom is 0.309 e. The second kappa shape index (κ2) is 11.3. The summed E-state index contributed by atoms with van der Waals surface area (Å²) in [5.41, 5.74) is -0.470. The van der Waals surface area contributed by atoms with Gasteiger partial charge in [0.2, 0.25) is 10.0 Å². The minimum Gasteiger partial charge on any atom is -0.481 e. The second-order valence-corrected chi connectivity index (χ2v) is 16.0. The predicted octanol–water partition coefficient (Wildman–Crippen LogP) is 6.60. The van der Waals surface area contributed by atoms with Gasteiger partial charge in [0.05, 0.1) is 10.3 Å². The number of sulfonamides is 1. The van der Waals surface area contributed by atoms with E-state index in [0.29, 0.717) is 67.7 Å². The number of carboxylic acids is 1. The summed E-state index contributed by atoms with van der Waals surface area (Å²) in [7, 11) is -3.81. The zero-order chi connectivity index (χ0) is 31.3. The predicted molar refractivity (Wildman–Crippen MR) is 168 cm³/mol. The number of oxazole rings is 1. The minimum atomic E-state index is -3.81. The number of carbonyl (C=O) groups is 2. The fraction of sp³-hybridized carbons (Fsp3) is 0.559. The highest BCUT2D eigenvalue weighted by Crippen LogP contribution is 2.52. The molecule has 1 heterocycles. The molecule has 3 aromatic rings. The molecule has 4 fully saturated rings. The molecule has 0 unspecified atom stereocenters. The van der Waals surface area contributed by atoms with Crippen molar-refractivity contribution in [1.82, 2.24) is 15.0 Å². The smallest absolute Gasteiger partial charge is 0.309 e. The second-order valence-electron chi connectivity index (χ2n) is 14.3. The van der Waals surface area contributed by atoms with E-state index in [9.17, 15) is 23.1 Å². The van der Waals surface area contributed by atoms with Gasteiger partial charge in [-0.3, -0.25) is 9.59 Å². The van der Waals surface area contributed by atoms with Crippen molar-refractivity contribution in [3.05, 3.63) is 48.0 Å². The number of aromatic nitrogens is 1. The number of hydrogen-bond donors (Lipinski definition) is 3. The molecule has 44 heavy (non-hydrogen) atoms. The van der Waals surface area contributed by atoms with E-state index in [4.69, 9.17) is 9.40 Å². The molecule has 1 aromatic heterocycles. The van der Waals surface area contributed by atoms with E-state index in [0.717, 1.165) is 36.6 Å². The monoisotopic (exact) mass is 621 g/mol. The first-order valence-electron chi connectivity index (χ1n) is 15.9. The van der Waals surface area contributed by atoms with Gasteiger partial charge in [-0.2, -0.15) is 0 Å². The summed E-state index contributed by atoms with van der Waals surface area (Å²) in [6, 6.07) is 10.8. The topological polar surface area (TPSA) is 139 Å². The summed E-state index contributed by atoms with van der Waals surface area (Å²) < 4.78 is 35.9. The highest BCUT2D eigenvalue weighted by Gasteiger charge is 2.53. The average molecular weight is 622 g/mol. The third kappa shape index (κ3) is 5.90. The van der Waals surface area contributed by atoms with Crippen LogP contribution in [0.2, 0.25) is 0 Å². The molecule has 2 aromatic carbocycles. The Morgan fingerprint density at radius 3 is 2.20 bits per heavy atom. The Bertz CT molecular complexity index is 1670. The van der Waals surface area contributed by atoms with Crippen molar-refractivity contribution in [2.45, 2.75) is 114 Å². The van der Waals surface area contributed by atoms with Crippen molar-refractivity contribution in [3.8, 4) is 11.3 Å². The van der Waals surface area contributed by atoms with E-state index in [1.807, 2.05) is 39.0 Å². The number of hydrogen-bond acceptors (Lipinski definition) is 6. The molecule has 7 rings (SSSR count). The third-order valence-corrected chi connectivity index (χ3v) is 11.9. The highest BCUT2D eigenvalue weighted by molar-refractivity contribution is 7.89. The van der Waals surface area contributed by atoms with Crippen LogP contribution in [-0.4, -0.2) is 41.5 Å². The normalized spacial score (nSPS) is 24.4. The van der Waals surface area contributed by atoms with Crippen LogP contribution in [0.3, 0.4) is 0 Å². The van der Waals surface area contributed by atoms with Gasteiger partial charge in [0, 0.05) is 28.4 Å². The fourth-order valence-electron chi connectivity index (χ4n) is 7.61. The van der Waals surface area contributed by atoms with Crippen LogP contribution in [0.4, 0.5) is 0 Å². The van der Waals surface area contributed by atoms with E-state index in [1.54, 1.807) is 18.2 Å². The van der Waals surface area contributed by atoms with Crippen molar-refractivity contribution in [3.63, 3.8) is 0 Å². The summed E-state index contributed by atoms with van der Waals surface area (Å²) in [5, 5.41) is 14.3. The number of amides is 1. The van der Waals surface area contributed by atoms with Gasteiger partial charge in [-0.25, -0.2) is 18.1 Å². The van der Waals surface area contributed by atoms with E-state index in [2.05, 4.69) is 10.0 Å². The van der Waals surface area contributed by atoms with Crippen LogP contribution in [0.5, 0.6) is 0 Å². The molecule has 0 atom stereocenters. The number of nitrogens with zero attached hydrogens (tertiary/aromatic N) is 1. The van der Waals surface area contributed by atoms with Crippen molar-refractivity contribution in [2.24, 2.45) is 11.3 Å². The minimum absolute atomic E-state index is 0.00370. The lowest BCUT2D eigenvalue weighted by atomic mass is 9.57. The number of benzene rings is 2. The summed E-state index contributed by atoms with van der Waals surface area (Å²) in [6.45, 7) is 5.43. The Morgan fingerprint density at radius 1 is 0.955 bits per heavy atom. The number of nitrogens with one attached hydrogen (secondary N) is 2. The number of carboxylic acid groups (broad SMARTS) is 1. The quantitative estimate of drug-likeness (QED) is 0.258. The van der Waals surface area contributed by atoms with Crippen LogP contribution in [0, 0.1) is 11.3 Å². The number of fused-ring (bicyclic) bond motifs is 4. The lowest BCUT2D eigenvalue weighted by Crippen LogP contribution is -2.58. The molecular weight excluding hydrogens is 578 g/mol. The Morgan fingerprint density at radius 2 is 1.59 bits per heavy atom. The Labute approximate surface area is 259 Å². The third-order valence-electron chi connectivity index (χ3n) is 10.0. The zero-order valence-electron chi connectivity index (χ0n) is 25.9. The van der Waals surface area contributed by atoms with Gasteiger partial charge in [-0.15, -0.1) is 0 Å². The summed E-state index contributed by atoms with van der Waals surface area (Å²) in [4.78, 5) is 30.6. The average Bonchev–Trinajstić information content (AvgIpc) is 3.40. The van der Waals surface area contributed by atoms with Crippen LogP contribution in [0.15, 0.2) is 45.7 Å². The van der Waals surface area contributed by atoms with Gasteiger partial charge in [0.15, 0.2) is 0 Å². The van der Waals surface area contributed by atoms with Gasteiger partial charge < -0.3 is 14.8 Å². The lowest BCUT2D eigenvalue weighted by Gasteiger charge is -2.51. The molecule has 3 N–H and O–H groups in total. The molecule has 0 spiro atoms. The van der Waals surface area contributed by atoms with Gasteiger partial charge in [0.25, 0.3) is 5.89 Å². The molecule has 2 bridgehead atoms. The molecule has 0 radical (unpaired) electrons. The molecule has 0 saturated heterocycles. The summed E-state index contributed by atoms with van der Waals surface area (Å²) in [5.74, 6) is -0.0557. The molecule has 1 amide bonds. The first-order chi connectivity index (χ1) is 20.8. The van der Waals surface area contributed by atoms with E-state index < -0.39 is 32.5 Å². The van der Waals surface area contributed by atoms with Crippen molar-refractivity contribution < 1.29 is 27.5 Å². The van der Waals surface area contributed by atoms with Crippen LogP contribution < -0.4 is 10.0 Å². The van der Waals surface area contributed by atoms with Crippen molar-refractivity contribution in [2.75, 3.05) is 0 Å². The Hall–Kier alpha value is -3.24. The van der Waals surface area contributed by atoms with Gasteiger partial charge in [-0.1, -0.05) is 62.4 Å². The largest absolute Gasteiger partial charge is 0.481 e. The van der Waals surface area contributed by atoms with Crippen LogP contribution in [-0.2, 0) is 21.2 Å². The number of carbonyl (C=O) groups excluding carboxylic acids is 1. The van der Waals surface area contributed by atoms with Crippen molar-refractivity contribution >= 4 is 32.7 Å². The Balaban J connectivity index is 1.37. The van der Waals surface area contributed by atoms with Gasteiger partial charge in [-0.05, 0) is 76.7 Å². The van der Waals surface area contributed by atoms with E-state index >= 15 is 0 Å². The van der Waals surface area contributed by atoms with Crippen LogP contribution in [0.25, 0.3) is 22.0 Å². The SMILES string of the molecule is CC(C)(C)NS(=O)(=O)c1ccc(-c2nc(C(=O)NC34CCC(C(=O)O)(CC3)CC4)oc2CC2CCCCC2)c2ccccc12. The lowest BCUT2D eigenvalue weighted by molar-refractivity contribution is -0.156. The maximum absolute atomic E-state index is 13.7. The van der Waals surface area contributed by atoms with E-state index in [-0.39, 0.29) is 16.7 Å². The highest BCUT2D eigenvalue weighted by atomic mass is 32.2. The fourth-order valence-corrected chi connectivity index (χ4v) is 9.24. The molecule has 4 saturated carbocycles. The first kappa shape index (κ1) is 30.8. The van der Waals surface area contributed by atoms with Gasteiger partial charge >= 0.3 is 11.9 Å². The molecule has 9 nitrogen and oxygen atoms in total. The molecule has 0 aliphatic heterocycles. The molecule has 4 aliphatic carbocycles. The van der Waals surface area contributed by atoms with Crippen LogP contribution >= 0.6 is 0 Å². The Kier molecular flexibility index (Phi) is 7.89. The van der Waals surface area contributed by atoms with E-state index in [1.165, 1.54) is 6.42 Å². The zero-order valence-corrected chi connectivity index (χ0v) is 26.7. The molecule has 10 heteroatoms. The molecular formula is C34H43N3O6S. The summed E-state index contributed by atoms with van der Waals surface area (Å²) >= 11 is 0.